The summed E-state index contributed by atoms with van der Waals surface area (Å²) in [7, 11) is 0. The molecule has 3 nitrogen and oxygen atoms in total. The summed E-state index contributed by atoms with van der Waals surface area (Å²) in [6.07, 6.45) is 5.98. The summed E-state index contributed by atoms with van der Waals surface area (Å²) in [6, 6.07) is 18.3. The molecule has 2 saturated heterocycles. The Bertz CT molecular complexity index is 1020. The van der Waals surface area contributed by atoms with Crippen molar-refractivity contribution in [2.24, 2.45) is 23.7 Å². The molecule has 6 rings (SSSR count). The quantitative estimate of drug-likeness (QED) is 0.532. The molecular weight excluding hydrogens is 442 g/mol. The van der Waals surface area contributed by atoms with Crippen LogP contribution < -0.4 is 0 Å². The molecule has 35 heavy (non-hydrogen) atoms. The van der Waals surface area contributed by atoms with Gasteiger partial charge in [-0.15, -0.1) is 0 Å². The van der Waals surface area contributed by atoms with Crippen molar-refractivity contribution in [2.75, 3.05) is 26.2 Å². The van der Waals surface area contributed by atoms with Crippen LogP contribution in [-0.2, 0) is 17.1 Å². The SMILES string of the molecule is CC(F)(F)c1ccc(CC2CN(C(=O)C3[C@H]4CN(C5CCC(c6ccccc6)CC5)C[C@@H]34)C2)cc1. The van der Waals surface area contributed by atoms with Crippen LogP contribution in [0.2, 0.25) is 0 Å². The van der Waals surface area contributed by atoms with E-state index >= 15 is 0 Å². The number of halogens is 2. The Morgan fingerprint density at radius 3 is 2.11 bits per heavy atom. The number of likely N-dealkylation sites (tertiary alicyclic amines) is 2. The highest BCUT2D eigenvalue weighted by Gasteiger charge is 2.61. The first-order chi connectivity index (χ1) is 16.9. The molecule has 5 heteroatoms. The number of amides is 1. The van der Waals surface area contributed by atoms with Gasteiger partial charge in [0.15, 0.2) is 0 Å². The molecule has 4 fully saturated rings. The van der Waals surface area contributed by atoms with Crippen molar-refractivity contribution in [1.29, 1.82) is 0 Å². The fourth-order valence-electron chi connectivity index (χ4n) is 7.08. The highest BCUT2D eigenvalue weighted by molar-refractivity contribution is 5.83. The van der Waals surface area contributed by atoms with Crippen LogP contribution in [0, 0.1) is 23.7 Å². The van der Waals surface area contributed by atoms with Gasteiger partial charge < -0.3 is 4.90 Å². The Kier molecular flexibility index (Phi) is 5.95. The predicted octanol–water partition coefficient (Wildman–Crippen LogP) is 5.70. The van der Waals surface area contributed by atoms with Crippen LogP contribution in [0.3, 0.4) is 0 Å². The average Bonchev–Trinajstić information content (AvgIpc) is 3.34. The van der Waals surface area contributed by atoms with E-state index in [-0.39, 0.29) is 11.5 Å². The van der Waals surface area contributed by atoms with Crippen molar-refractivity contribution in [3.8, 4) is 0 Å². The largest absolute Gasteiger partial charge is 0.342 e. The van der Waals surface area contributed by atoms with Gasteiger partial charge in [-0.25, -0.2) is 8.78 Å². The lowest BCUT2D eigenvalue weighted by atomic mass is 9.81. The zero-order valence-corrected chi connectivity index (χ0v) is 20.6. The molecule has 0 radical (unpaired) electrons. The van der Waals surface area contributed by atoms with Crippen molar-refractivity contribution < 1.29 is 13.6 Å². The molecule has 2 aliphatic heterocycles. The van der Waals surface area contributed by atoms with Gasteiger partial charge in [-0.2, -0.15) is 0 Å². The van der Waals surface area contributed by atoms with Crippen LogP contribution in [0.15, 0.2) is 54.6 Å². The molecule has 4 aliphatic rings. The van der Waals surface area contributed by atoms with Gasteiger partial charge in [0.2, 0.25) is 5.91 Å². The van der Waals surface area contributed by atoms with Crippen LogP contribution in [-0.4, -0.2) is 47.9 Å². The first kappa shape index (κ1) is 23.1. The summed E-state index contributed by atoms with van der Waals surface area (Å²) in [6.45, 7) is 4.77. The third kappa shape index (κ3) is 4.64. The van der Waals surface area contributed by atoms with Gasteiger partial charge >= 0.3 is 0 Å². The Hall–Kier alpha value is -2.27. The smallest absolute Gasteiger partial charge is 0.270 e. The number of fused-ring (bicyclic) bond motifs is 1. The van der Waals surface area contributed by atoms with E-state index in [1.165, 1.54) is 43.4 Å². The van der Waals surface area contributed by atoms with Gasteiger partial charge in [0.25, 0.3) is 5.92 Å². The van der Waals surface area contributed by atoms with Gasteiger partial charge in [-0.3, -0.25) is 9.69 Å². The summed E-state index contributed by atoms with van der Waals surface area (Å²) in [5.74, 6) is 0.111. The van der Waals surface area contributed by atoms with Crippen molar-refractivity contribution >= 4 is 5.91 Å². The molecule has 2 aromatic rings. The molecule has 0 N–H and O–H groups in total. The molecule has 1 unspecified atom stereocenters. The van der Waals surface area contributed by atoms with Crippen molar-refractivity contribution in [3.63, 3.8) is 0 Å². The number of benzene rings is 2. The maximum absolute atomic E-state index is 13.4. The minimum Gasteiger partial charge on any atom is -0.342 e. The van der Waals surface area contributed by atoms with E-state index < -0.39 is 5.92 Å². The molecule has 2 heterocycles. The summed E-state index contributed by atoms with van der Waals surface area (Å²) in [5.41, 5.74) is 2.63. The fraction of sp³-hybridized carbons (Fsp3) is 0.567. The first-order valence-electron chi connectivity index (χ1n) is 13.4. The Morgan fingerprint density at radius 1 is 0.886 bits per heavy atom. The summed E-state index contributed by atoms with van der Waals surface area (Å²) in [5, 5.41) is 0. The molecule has 0 bridgehead atoms. The van der Waals surface area contributed by atoms with Crippen LogP contribution in [0.4, 0.5) is 8.78 Å². The number of hydrogen-bond acceptors (Lipinski definition) is 2. The van der Waals surface area contributed by atoms with Crippen molar-refractivity contribution in [2.45, 2.75) is 56.9 Å². The van der Waals surface area contributed by atoms with E-state index in [9.17, 15) is 13.6 Å². The highest BCUT2D eigenvalue weighted by atomic mass is 19.3. The standard InChI is InChI=1S/C30H36F2N2O/c1-30(31,32)24-11-7-20(8-12-24)15-21-16-34(17-21)29(35)28-26-18-33(19-27(26)28)25-13-9-23(10-14-25)22-5-3-2-4-6-22/h2-8,11-12,21,23,25-28H,9-10,13-19H2,1H3/t23?,25?,26-,27+,28?. The topological polar surface area (TPSA) is 23.6 Å². The molecule has 2 saturated carbocycles. The van der Waals surface area contributed by atoms with Crippen molar-refractivity contribution in [3.05, 3.63) is 71.3 Å². The van der Waals surface area contributed by atoms with Crippen LogP contribution in [0.5, 0.6) is 0 Å². The molecule has 1 amide bonds. The highest BCUT2D eigenvalue weighted by Crippen LogP contribution is 2.54. The first-order valence-corrected chi connectivity index (χ1v) is 13.4. The normalized spacial score (nSPS) is 31.2. The third-order valence-electron chi connectivity index (χ3n) is 9.25. The number of piperidine rings is 1. The third-order valence-corrected chi connectivity index (χ3v) is 9.25. The van der Waals surface area contributed by atoms with Crippen LogP contribution in [0.1, 0.15) is 55.2 Å². The van der Waals surface area contributed by atoms with E-state index in [0.717, 1.165) is 45.1 Å². The van der Waals surface area contributed by atoms with Gasteiger partial charge in [0.1, 0.15) is 0 Å². The number of nitrogens with zero attached hydrogens (tertiary/aromatic N) is 2. The maximum atomic E-state index is 13.4. The van der Waals surface area contributed by atoms with Gasteiger partial charge in [-0.1, -0.05) is 54.6 Å². The lowest BCUT2D eigenvalue weighted by Gasteiger charge is -2.40. The summed E-state index contributed by atoms with van der Waals surface area (Å²) >= 11 is 0. The Morgan fingerprint density at radius 2 is 1.51 bits per heavy atom. The maximum Gasteiger partial charge on any atom is 0.270 e. The minimum absolute atomic E-state index is 0.0604. The van der Waals surface area contributed by atoms with E-state index in [1.54, 1.807) is 0 Å². The second-order valence-corrected chi connectivity index (χ2v) is 11.6. The number of hydrogen-bond donors (Lipinski definition) is 0. The second-order valence-electron chi connectivity index (χ2n) is 11.6. The lowest BCUT2D eigenvalue weighted by molar-refractivity contribution is -0.140. The Balaban J connectivity index is 0.929. The van der Waals surface area contributed by atoms with Gasteiger partial charge in [0.05, 0.1) is 0 Å². The molecule has 0 spiro atoms. The van der Waals surface area contributed by atoms with Gasteiger partial charge in [0, 0.05) is 50.6 Å². The number of carbonyl (C=O) groups is 1. The monoisotopic (exact) mass is 478 g/mol. The molecular formula is C30H36F2N2O. The van der Waals surface area contributed by atoms with Crippen molar-refractivity contribution in [1.82, 2.24) is 9.80 Å². The zero-order chi connectivity index (χ0) is 24.2. The number of carbonyl (C=O) groups excluding carboxylic acids is 1. The summed E-state index contributed by atoms with van der Waals surface area (Å²) in [4.78, 5) is 17.8. The zero-order valence-electron chi connectivity index (χ0n) is 20.6. The minimum atomic E-state index is -2.79. The predicted molar refractivity (Wildman–Crippen MR) is 133 cm³/mol. The molecule has 186 valence electrons. The van der Waals surface area contributed by atoms with Crippen LogP contribution >= 0.6 is 0 Å². The van der Waals surface area contributed by atoms with Crippen LogP contribution in [0.25, 0.3) is 0 Å². The number of rotatable bonds is 6. The Labute approximate surface area is 207 Å². The molecule has 2 aromatic carbocycles. The van der Waals surface area contributed by atoms with E-state index in [2.05, 4.69) is 35.2 Å². The molecule has 2 aliphatic carbocycles. The summed E-state index contributed by atoms with van der Waals surface area (Å²) < 4.78 is 26.8. The lowest BCUT2D eigenvalue weighted by Crippen LogP contribution is -2.52. The average molecular weight is 479 g/mol. The second kappa shape index (κ2) is 8.99. The fourth-order valence-corrected chi connectivity index (χ4v) is 7.08. The molecule has 0 aromatic heterocycles. The van der Waals surface area contributed by atoms with Gasteiger partial charge in [-0.05, 0) is 66.9 Å². The van der Waals surface area contributed by atoms with E-state index in [0.29, 0.717) is 35.6 Å². The van der Waals surface area contributed by atoms with E-state index in [1.807, 2.05) is 17.0 Å². The number of alkyl halides is 2. The van der Waals surface area contributed by atoms with E-state index in [4.69, 9.17) is 0 Å². The molecule has 3 atom stereocenters.